The molecule has 78 valence electrons. The summed E-state index contributed by atoms with van der Waals surface area (Å²) in [6, 6.07) is 3.42. The van der Waals surface area contributed by atoms with Gasteiger partial charge in [-0.2, -0.15) is 4.31 Å². The summed E-state index contributed by atoms with van der Waals surface area (Å²) in [7, 11) is -3.21. The van der Waals surface area contributed by atoms with Gasteiger partial charge in [0.15, 0.2) is 0 Å². The Labute approximate surface area is 95.9 Å². The Balaban J connectivity index is 2.26. The highest BCUT2D eigenvalue weighted by atomic mass is 79.9. The molecule has 1 atom stereocenters. The first-order valence-electron chi connectivity index (χ1n) is 4.28. The lowest BCUT2D eigenvalue weighted by Crippen LogP contribution is -2.28. The van der Waals surface area contributed by atoms with E-state index >= 15 is 0 Å². The summed E-state index contributed by atoms with van der Waals surface area (Å²) in [5.41, 5.74) is 0. The zero-order valence-corrected chi connectivity index (χ0v) is 10.6. The summed E-state index contributed by atoms with van der Waals surface area (Å²) in [6.45, 7) is 1.20. The third-order valence-electron chi connectivity index (χ3n) is 2.18. The van der Waals surface area contributed by atoms with Crippen LogP contribution in [-0.2, 0) is 10.0 Å². The van der Waals surface area contributed by atoms with Crippen LogP contribution in [0.5, 0.6) is 0 Å². The summed E-state index contributed by atoms with van der Waals surface area (Å²) in [4.78, 5) is 0.303. The lowest BCUT2D eigenvalue weighted by Gasteiger charge is -2.13. The van der Waals surface area contributed by atoms with Gasteiger partial charge < -0.3 is 0 Å². The molecule has 0 bridgehead atoms. The van der Waals surface area contributed by atoms with Crippen molar-refractivity contribution in [1.82, 2.24) is 4.31 Å². The number of halogens is 1. The largest absolute Gasteiger partial charge is 0.252 e. The molecule has 0 spiro atoms. The molecule has 14 heavy (non-hydrogen) atoms. The zero-order valence-electron chi connectivity index (χ0n) is 7.39. The molecule has 0 radical (unpaired) electrons. The Morgan fingerprint density at radius 2 is 2.36 bits per heavy atom. The molecule has 2 heterocycles. The predicted molar refractivity (Wildman–Crippen MR) is 60.4 cm³/mol. The van der Waals surface area contributed by atoms with E-state index < -0.39 is 10.0 Å². The van der Waals surface area contributed by atoms with E-state index in [2.05, 4.69) is 15.9 Å². The molecule has 1 fully saturated rings. The monoisotopic (exact) mass is 295 g/mol. The average Bonchev–Trinajstić information content (AvgIpc) is 2.72. The maximum Gasteiger partial charge on any atom is 0.252 e. The maximum absolute atomic E-state index is 12.0. The van der Waals surface area contributed by atoms with Crippen molar-refractivity contribution in [3.8, 4) is 0 Å². The van der Waals surface area contributed by atoms with E-state index in [4.69, 9.17) is 0 Å². The van der Waals surface area contributed by atoms with Gasteiger partial charge in [-0.3, -0.25) is 0 Å². The number of alkyl halides is 1. The minimum atomic E-state index is -3.21. The Bertz CT molecular complexity index is 401. The molecule has 1 aliphatic heterocycles. The molecule has 0 aromatic carbocycles. The van der Waals surface area contributed by atoms with Gasteiger partial charge in [-0.15, -0.1) is 11.3 Å². The van der Waals surface area contributed by atoms with E-state index in [0.29, 0.717) is 22.1 Å². The second-order valence-corrected chi connectivity index (χ2v) is 7.59. The summed E-state index contributed by atoms with van der Waals surface area (Å²) >= 11 is 4.70. The summed E-state index contributed by atoms with van der Waals surface area (Å²) in [5, 5.41) is 1.79. The van der Waals surface area contributed by atoms with Crippen LogP contribution in [0.2, 0.25) is 0 Å². The first-order valence-corrected chi connectivity index (χ1v) is 7.52. The van der Waals surface area contributed by atoms with E-state index in [9.17, 15) is 8.42 Å². The van der Waals surface area contributed by atoms with E-state index in [1.54, 1.807) is 17.5 Å². The molecule has 6 heteroatoms. The highest BCUT2D eigenvalue weighted by Crippen LogP contribution is 2.26. The molecule has 1 saturated heterocycles. The van der Waals surface area contributed by atoms with E-state index in [0.717, 1.165) is 6.42 Å². The Morgan fingerprint density at radius 1 is 1.57 bits per heavy atom. The second kappa shape index (κ2) is 3.92. The standard InChI is InChI=1S/C8H10BrNO2S2/c9-7-3-4-10(6-7)14(11,12)8-2-1-5-13-8/h1-2,5,7H,3-4,6H2. The Hall–Kier alpha value is 0.0900. The van der Waals surface area contributed by atoms with Gasteiger partial charge in [-0.1, -0.05) is 22.0 Å². The van der Waals surface area contributed by atoms with Crippen LogP contribution >= 0.6 is 27.3 Å². The molecule has 3 nitrogen and oxygen atoms in total. The van der Waals surface area contributed by atoms with Gasteiger partial charge in [-0.05, 0) is 17.9 Å². The van der Waals surface area contributed by atoms with Crippen LogP contribution in [0, 0.1) is 0 Å². The van der Waals surface area contributed by atoms with Gasteiger partial charge in [0, 0.05) is 17.9 Å². The summed E-state index contributed by atoms with van der Waals surface area (Å²) < 4.78 is 25.9. The van der Waals surface area contributed by atoms with Crippen LogP contribution in [0.1, 0.15) is 6.42 Å². The first-order chi connectivity index (χ1) is 6.60. The Kier molecular flexibility index (Phi) is 2.97. The van der Waals surface area contributed by atoms with Crippen LogP contribution < -0.4 is 0 Å². The highest BCUT2D eigenvalue weighted by molar-refractivity contribution is 9.09. The number of hydrogen-bond donors (Lipinski definition) is 0. The Morgan fingerprint density at radius 3 is 2.86 bits per heavy atom. The fourth-order valence-corrected chi connectivity index (χ4v) is 4.83. The van der Waals surface area contributed by atoms with Crippen molar-refractivity contribution in [3.63, 3.8) is 0 Å². The van der Waals surface area contributed by atoms with Gasteiger partial charge in [0.05, 0.1) is 0 Å². The van der Waals surface area contributed by atoms with Crippen LogP contribution in [0.25, 0.3) is 0 Å². The number of hydrogen-bond acceptors (Lipinski definition) is 3. The van der Waals surface area contributed by atoms with E-state index in [-0.39, 0.29) is 0 Å². The molecular weight excluding hydrogens is 286 g/mol. The minimum Gasteiger partial charge on any atom is -0.206 e. The van der Waals surface area contributed by atoms with Gasteiger partial charge in [0.2, 0.25) is 0 Å². The second-order valence-electron chi connectivity index (χ2n) is 3.18. The van der Waals surface area contributed by atoms with Gasteiger partial charge in [-0.25, -0.2) is 8.42 Å². The van der Waals surface area contributed by atoms with Crippen molar-refractivity contribution >= 4 is 37.3 Å². The molecule has 0 N–H and O–H groups in total. The highest BCUT2D eigenvalue weighted by Gasteiger charge is 2.31. The molecule has 1 aromatic rings. The third-order valence-corrected chi connectivity index (χ3v) is 6.17. The normalized spacial score (nSPS) is 24.2. The zero-order chi connectivity index (χ0) is 10.2. The van der Waals surface area contributed by atoms with Crippen molar-refractivity contribution in [2.75, 3.05) is 13.1 Å². The first kappa shape index (κ1) is 10.6. The van der Waals surface area contributed by atoms with Crippen molar-refractivity contribution in [1.29, 1.82) is 0 Å². The van der Waals surface area contributed by atoms with Crippen molar-refractivity contribution in [2.24, 2.45) is 0 Å². The maximum atomic E-state index is 12.0. The number of sulfonamides is 1. The van der Waals surface area contributed by atoms with Gasteiger partial charge in [0.1, 0.15) is 4.21 Å². The van der Waals surface area contributed by atoms with Gasteiger partial charge in [0.25, 0.3) is 10.0 Å². The molecule has 1 aliphatic rings. The summed E-state index contributed by atoms with van der Waals surface area (Å²) in [6.07, 6.45) is 0.893. The lowest BCUT2D eigenvalue weighted by molar-refractivity contribution is 0.480. The van der Waals surface area contributed by atoms with Gasteiger partial charge >= 0.3 is 0 Å². The number of thiophene rings is 1. The van der Waals surface area contributed by atoms with E-state index in [1.807, 2.05) is 0 Å². The SMILES string of the molecule is O=S(=O)(c1cccs1)N1CCC(Br)C1. The molecular formula is C8H10BrNO2S2. The average molecular weight is 296 g/mol. The third kappa shape index (κ3) is 1.88. The predicted octanol–water partition coefficient (Wildman–Crippen LogP) is 1.91. The molecule has 0 aliphatic carbocycles. The smallest absolute Gasteiger partial charge is 0.206 e. The minimum absolute atomic E-state index is 0.303. The molecule has 0 saturated carbocycles. The van der Waals surface area contributed by atoms with Crippen LogP contribution in [0.3, 0.4) is 0 Å². The molecule has 1 aromatic heterocycles. The number of rotatable bonds is 2. The fourth-order valence-electron chi connectivity index (χ4n) is 1.44. The molecule has 1 unspecified atom stereocenters. The summed E-state index contributed by atoms with van der Waals surface area (Å²) in [5.74, 6) is 0. The van der Waals surface area contributed by atoms with Crippen LogP contribution in [-0.4, -0.2) is 30.6 Å². The topological polar surface area (TPSA) is 37.4 Å². The van der Waals surface area contributed by atoms with Crippen molar-refractivity contribution in [2.45, 2.75) is 15.5 Å². The van der Waals surface area contributed by atoms with E-state index in [1.165, 1.54) is 15.6 Å². The van der Waals surface area contributed by atoms with Crippen molar-refractivity contribution in [3.05, 3.63) is 17.5 Å². The fraction of sp³-hybridized carbons (Fsp3) is 0.500. The quantitative estimate of drug-likeness (QED) is 0.782. The molecule has 2 rings (SSSR count). The van der Waals surface area contributed by atoms with Crippen molar-refractivity contribution < 1.29 is 8.42 Å². The van der Waals surface area contributed by atoms with Crippen LogP contribution in [0.15, 0.2) is 21.7 Å². The molecule has 0 amide bonds. The van der Waals surface area contributed by atoms with Crippen LogP contribution in [0.4, 0.5) is 0 Å². The lowest BCUT2D eigenvalue weighted by atomic mass is 10.4. The number of nitrogens with zero attached hydrogens (tertiary/aromatic N) is 1.